The van der Waals surface area contributed by atoms with Crippen molar-refractivity contribution in [3.63, 3.8) is 0 Å². The number of phenolic OH excluding ortho intramolecular Hbond substituents is 1. The molecule has 2 heterocycles. The normalized spacial score (nSPS) is 15.1. The molecule has 0 radical (unpaired) electrons. The number of halogens is 1. The molecule has 5 heteroatoms. The van der Waals surface area contributed by atoms with Gasteiger partial charge >= 0.3 is 0 Å². The Hall–Kier alpha value is -2.72. The van der Waals surface area contributed by atoms with E-state index in [4.69, 9.17) is 16.0 Å². The van der Waals surface area contributed by atoms with E-state index in [1.54, 1.807) is 30.3 Å². The van der Waals surface area contributed by atoms with Gasteiger partial charge in [-0.25, -0.2) is 0 Å². The fourth-order valence-corrected chi connectivity index (χ4v) is 3.81. The van der Waals surface area contributed by atoms with Crippen LogP contribution in [0.4, 0.5) is 0 Å². The number of phenols is 1. The Morgan fingerprint density at radius 1 is 1.00 bits per heavy atom. The number of carbonyl (C=O) groups excluding carboxylic acids is 1. The highest BCUT2D eigenvalue weighted by atomic mass is 35.5. The van der Waals surface area contributed by atoms with Crippen LogP contribution in [-0.4, -0.2) is 29.0 Å². The largest absolute Gasteiger partial charge is 0.508 e. The minimum absolute atomic E-state index is 0.0857. The maximum atomic E-state index is 12.8. The van der Waals surface area contributed by atoms with Crippen LogP contribution in [0.2, 0.25) is 5.02 Å². The Morgan fingerprint density at radius 3 is 2.41 bits per heavy atom. The summed E-state index contributed by atoms with van der Waals surface area (Å²) < 4.78 is 5.79. The Labute approximate surface area is 163 Å². The standard InChI is InChI=1S/C22H20ClNO3/c23-19-4-2-1-3-18(19)20-9-10-21(27-20)22(26)24-13-11-16(12-14-24)15-5-7-17(25)8-6-15/h1-10,16,25H,11-14H2. The lowest BCUT2D eigenvalue weighted by atomic mass is 9.89. The van der Waals surface area contributed by atoms with Crippen LogP contribution in [0.3, 0.4) is 0 Å². The van der Waals surface area contributed by atoms with Gasteiger partial charge in [-0.15, -0.1) is 0 Å². The van der Waals surface area contributed by atoms with Crippen molar-refractivity contribution >= 4 is 17.5 Å². The van der Waals surface area contributed by atoms with Gasteiger partial charge in [0.25, 0.3) is 5.91 Å². The second-order valence-corrected chi connectivity index (χ2v) is 7.21. The van der Waals surface area contributed by atoms with Gasteiger partial charge in [-0.1, -0.05) is 35.9 Å². The summed E-state index contributed by atoms with van der Waals surface area (Å²) >= 11 is 6.21. The molecule has 1 fully saturated rings. The minimum Gasteiger partial charge on any atom is -0.508 e. The first-order valence-electron chi connectivity index (χ1n) is 9.05. The number of nitrogens with zero attached hydrogens (tertiary/aromatic N) is 1. The lowest BCUT2D eigenvalue weighted by Crippen LogP contribution is -2.37. The van der Waals surface area contributed by atoms with Crippen LogP contribution in [0.25, 0.3) is 11.3 Å². The molecule has 4 rings (SSSR count). The maximum absolute atomic E-state index is 12.8. The van der Waals surface area contributed by atoms with Crippen LogP contribution >= 0.6 is 11.6 Å². The van der Waals surface area contributed by atoms with Crippen LogP contribution in [0.1, 0.15) is 34.9 Å². The summed E-state index contributed by atoms with van der Waals surface area (Å²) in [6.45, 7) is 1.37. The lowest BCUT2D eigenvalue weighted by molar-refractivity contribution is 0.0681. The summed E-state index contributed by atoms with van der Waals surface area (Å²) in [5.74, 6) is 1.54. The van der Waals surface area contributed by atoms with E-state index in [0.717, 1.165) is 18.4 Å². The summed E-state index contributed by atoms with van der Waals surface area (Å²) in [5.41, 5.74) is 1.99. The van der Waals surface area contributed by atoms with Gasteiger partial charge in [0.05, 0.1) is 5.02 Å². The maximum Gasteiger partial charge on any atom is 0.289 e. The third kappa shape index (κ3) is 3.71. The predicted octanol–water partition coefficient (Wildman–Crippen LogP) is 5.33. The van der Waals surface area contributed by atoms with Crippen molar-refractivity contribution < 1.29 is 14.3 Å². The van der Waals surface area contributed by atoms with Gasteiger partial charge in [-0.05, 0) is 60.7 Å². The third-order valence-corrected chi connectivity index (χ3v) is 5.43. The van der Waals surface area contributed by atoms with Crippen molar-refractivity contribution in [1.82, 2.24) is 4.90 Å². The average molecular weight is 382 g/mol. The first-order chi connectivity index (χ1) is 13.1. The molecule has 0 unspecified atom stereocenters. The Bertz CT molecular complexity index is 940. The molecule has 1 aliphatic rings. The smallest absolute Gasteiger partial charge is 0.289 e. The summed E-state index contributed by atoms with van der Waals surface area (Å²) in [7, 11) is 0. The second kappa shape index (κ2) is 7.49. The molecule has 4 nitrogen and oxygen atoms in total. The quantitative estimate of drug-likeness (QED) is 0.667. The molecular weight excluding hydrogens is 362 g/mol. The molecular formula is C22H20ClNO3. The van der Waals surface area contributed by atoms with E-state index in [-0.39, 0.29) is 11.7 Å². The number of carbonyl (C=O) groups is 1. The first-order valence-corrected chi connectivity index (χ1v) is 9.42. The molecule has 0 atom stereocenters. The van der Waals surface area contributed by atoms with Gasteiger partial charge < -0.3 is 14.4 Å². The van der Waals surface area contributed by atoms with Crippen molar-refractivity contribution in [2.24, 2.45) is 0 Å². The van der Waals surface area contributed by atoms with E-state index in [1.165, 1.54) is 5.56 Å². The van der Waals surface area contributed by atoms with Crippen molar-refractivity contribution in [3.8, 4) is 17.1 Å². The van der Waals surface area contributed by atoms with Crippen LogP contribution in [0.15, 0.2) is 65.1 Å². The highest BCUT2D eigenvalue weighted by molar-refractivity contribution is 6.33. The molecule has 27 heavy (non-hydrogen) atoms. The third-order valence-electron chi connectivity index (χ3n) is 5.10. The zero-order chi connectivity index (χ0) is 18.8. The fraction of sp³-hybridized carbons (Fsp3) is 0.227. The molecule has 138 valence electrons. The Kier molecular flexibility index (Phi) is 4.90. The number of rotatable bonds is 3. The van der Waals surface area contributed by atoms with Crippen molar-refractivity contribution in [1.29, 1.82) is 0 Å². The van der Waals surface area contributed by atoms with Gasteiger partial charge in [0.1, 0.15) is 11.5 Å². The monoisotopic (exact) mass is 381 g/mol. The number of amides is 1. The van der Waals surface area contributed by atoms with Gasteiger partial charge in [0, 0.05) is 18.7 Å². The summed E-state index contributed by atoms with van der Waals surface area (Å²) in [5, 5.41) is 10.0. The number of hydrogen-bond acceptors (Lipinski definition) is 3. The van der Waals surface area contributed by atoms with Crippen molar-refractivity contribution in [3.05, 3.63) is 77.0 Å². The Balaban J connectivity index is 1.43. The van der Waals surface area contributed by atoms with Crippen LogP contribution in [0, 0.1) is 0 Å². The first kappa shape index (κ1) is 17.7. The van der Waals surface area contributed by atoms with E-state index < -0.39 is 0 Å². The number of hydrogen-bond donors (Lipinski definition) is 1. The van der Waals surface area contributed by atoms with Gasteiger partial charge in [0.15, 0.2) is 5.76 Å². The van der Waals surface area contributed by atoms with E-state index in [1.807, 2.05) is 35.2 Å². The number of aromatic hydroxyl groups is 1. The number of furan rings is 1. The van der Waals surface area contributed by atoms with Crippen LogP contribution < -0.4 is 0 Å². The fourth-order valence-electron chi connectivity index (χ4n) is 3.58. The zero-order valence-corrected chi connectivity index (χ0v) is 15.5. The number of benzene rings is 2. The summed E-state index contributed by atoms with van der Waals surface area (Å²) in [6.07, 6.45) is 1.79. The highest BCUT2D eigenvalue weighted by Gasteiger charge is 2.26. The number of likely N-dealkylation sites (tertiary alicyclic amines) is 1. The molecule has 3 aromatic rings. The SMILES string of the molecule is O=C(c1ccc(-c2ccccc2Cl)o1)N1CCC(c2ccc(O)cc2)CC1. The highest BCUT2D eigenvalue weighted by Crippen LogP contribution is 2.32. The van der Waals surface area contributed by atoms with Crippen molar-refractivity contribution in [2.45, 2.75) is 18.8 Å². The molecule has 1 aromatic heterocycles. The van der Waals surface area contributed by atoms with Gasteiger partial charge in [0.2, 0.25) is 0 Å². The molecule has 0 saturated carbocycles. The van der Waals surface area contributed by atoms with E-state index >= 15 is 0 Å². The summed E-state index contributed by atoms with van der Waals surface area (Å²) in [4.78, 5) is 14.6. The molecule has 1 amide bonds. The molecule has 0 spiro atoms. The Morgan fingerprint density at radius 2 is 1.70 bits per heavy atom. The molecule has 0 bridgehead atoms. The number of piperidine rings is 1. The average Bonchev–Trinajstić information content (AvgIpc) is 3.18. The lowest BCUT2D eigenvalue weighted by Gasteiger charge is -2.31. The van der Waals surface area contributed by atoms with Crippen molar-refractivity contribution in [2.75, 3.05) is 13.1 Å². The predicted molar refractivity (Wildman–Crippen MR) is 105 cm³/mol. The minimum atomic E-state index is -0.0857. The van der Waals surface area contributed by atoms with Gasteiger partial charge in [-0.3, -0.25) is 4.79 Å². The molecule has 1 N–H and O–H groups in total. The molecule has 2 aromatic carbocycles. The van der Waals surface area contributed by atoms with Gasteiger partial charge in [-0.2, -0.15) is 0 Å². The second-order valence-electron chi connectivity index (χ2n) is 6.80. The summed E-state index contributed by atoms with van der Waals surface area (Å²) in [6, 6.07) is 18.3. The molecule has 0 aliphatic carbocycles. The zero-order valence-electron chi connectivity index (χ0n) is 14.8. The van der Waals surface area contributed by atoms with E-state index in [2.05, 4.69) is 0 Å². The topological polar surface area (TPSA) is 53.7 Å². The van der Waals surface area contributed by atoms with Crippen LogP contribution in [-0.2, 0) is 0 Å². The van der Waals surface area contributed by atoms with E-state index in [9.17, 15) is 9.90 Å². The van der Waals surface area contributed by atoms with E-state index in [0.29, 0.717) is 35.6 Å². The molecule has 1 aliphatic heterocycles. The molecule has 1 saturated heterocycles. The van der Waals surface area contributed by atoms with Crippen LogP contribution in [0.5, 0.6) is 5.75 Å².